The molecular formula is C8H18N6O2S. The molecule has 0 unspecified atom stereocenters. The van der Waals surface area contributed by atoms with Gasteiger partial charge in [-0.2, -0.15) is 22.7 Å². The first kappa shape index (κ1) is 14.0. The fraction of sp³-hybridized carbons (Fsp3) is 0.875. The van der Waals surface area contributed by atoms with Crippen LogP contribution in [0.1, 0.15) is 32.5 Å². The Kier molecular flexibility index (Phi) is 5.45. The van der Waals surface area contributed by atoms with Gasteiger partial charge in [-0.25, -0.2) is 0 Å². The molecule has 2 N–H and O–H groups in total. The van der Waals surface area contributed by atoms with E-state index in [9.17, 15) is 8.42 Å². The number of nitrogens with one attached hydrogen (secondary N) is 2. The second-order valence-electron chi connectivity index (χ2n) is 3.55. The molecule has 0 saturated heterocycles. The number of H-pyrrole nitrogens is 1. The van der Waals surface area contributed by atoms with Crippen molar-refractivity contribution in [3.63, 3.8) is 0 Å². The van der Waals surface area contributed by atoms with Crippen molar-refractivity contribution in [2.45, 2.75) is 33.2 Å². The molecule has 0 saturated carbocycles. The summed E-state index contributed by atoms with van der Waals surface area (Å²) in [5.41, 5.74) is 0. The van der Waals surface area contributed by atoms with E-state index in [1.54, 1.807) is 0 Å². The lowest BCUT2D eigenvalue weighted by Crippen LogP contribution is -2.41. The van der Waals surface area contributed by atoms with Gasteiger partial charge in [-0.1, -0.05) is 19.1 Å². The van der Waals surface area contributed by atoms with Crippen molar-refractivity contribution in [1.29, 1.82) is 0 Å². The summed E-state index contributed by atoms with van der Waals surface area (Å²) in [7, 11) is -3.46. The normalized spacial score (nSPS) is 12.2. The smallest absolute Gasteiger partial charge is 0.195 e. The van der Waals surface area contributed by atoms with Crippen LogP contribution in [0.5, 0.6) is 0 Å². The Labute approximate surface area is 101 Å². The molecule has 8 nitrogen and oxygen atoms in total. The molecule has 0 atom stereocenters. The zero-order valence-electron chi connectivity index (χ0n) is 10.0. The average molecular weight is 262 g/mol. The Balaban J connectivity index is 2.58. The first-order chi connectivity index (χ1) is 8.10. The lowest BCUT2D eigenvalue weighted by molar-refractivity contribution is 0.401. The molecule has 1 aromatic rings. The Morgan fingerprint density at radius 2 is 1.94 bits per heavy atom. The van der Waals surface area contributed by atoms with Crippen molar-refractivity contribution in [2.75, 3.05) is 13.1 Å². The topological polar surface area (TPSA) is 104 Å². The van der Waals surface area contributed by atoms with E-state index in [0.717, 1.165) is 12.8 Å². The standard InChI is InChI=1S/C8H18N6O2S/c1-3-5-14(6-4-2)17(15,16)9-7-8-10-12-13-11-8/h9H,3-7H2,1-2H3,(H,10,11,12,13). The van der Waals surface area contributed by atoms with E-state index in [0.29, 0.717) is 18.9 Å². The molecule has 0 radical (unpaired) electrons. The summed E-state index contributed by atoms with van der Waals surface area (Å²) in [6, 6.07) is 0. The van der Waals surface area contributed by atoms with Gasteiger partial charge in [0.25, 0.3) is 10.2 Å². The Hall–Kier alpha value is -1.06. The SMILES string of the molecule is CCCN(CCC)S(=O)(=O)NCc1nn[nH]n1. The molecule has 0 fully saturated rings. The second kappa shape index (κ2) is 6.62. The molecule has 1 aromatic heterocycles. The van der Waals surface area contributed by atoms with Gasteiger partial charge in [-0.15, -0.1) is 10.2 Å². The van der Waals surface area contributed by atoms with Crippen molar-refractivity contribution in [3.05, 3.63) is 5.82 Å². The predicted molar refractivity (Wildman–Crippen MR) is 62.1 cm³/mol. The molecule has 0 aliphatic rings. The molecule has 0 aliphatic carbocycles. The summed E-state index contributed by atoms with van der Waals surface area (Å²) in [4.78, 5) is 0. The first-order valence-corrected chi connectivity index (χ1v) is 7.01. The molecule has 9 heteroatoms. The van der Waals surface area contributed by atoms with Gasteiger partial charge in [-0.05, 0) is 12.8 Å². The van der Waals surface area contributed by atoms with E-state index >= 15 is 0 Å². The number of rotatable bonds is 8. The first-order valence-electron chi connectivity index (χ1n) is 5.57. The Morgan fingerprint density at radius 1 is 1.29 bits per heavy atom. The van der Waals surface area contributed by atoms with Crippen LogP contribution >= 0.6 is 0 Å². The summed E-state index contributed by atoms with van der Waals surface area (Å²) >= 11 is 0. The number of tetrazole rings is 1. The molecular weight excluding hydrogens is 244 g/mol. The lowest BCUT2D eigenvalue weighted by Gasteiger charge is -2.20. The zero-order valence-corrected chi connectivity index (χ0v) is 10.9. The molecule has 98 valence electrons. The molecule has 0 amide bonds. The minimum atomic E-state index is -3.46. The van der Waals surface area contributed by atoms with Gasteiger partial charge in [0.05, 0.1) is 6.54 Å². The number of nitrogens with zero attached hydrogens (tertiary/aromatic N) is 4. The van der Waals surface area contributed by atoms with Crippen LogP contribution in [0.3, 0.4) is 0 Å². The molecule has 0 aliphatic heterocycles. The Bertz CT molecular complexity index is 398. The highest BCUT2D eigenvalue weighted by molar-refractivity contribution is 7.87. The average Bonchev–Trinajstić information content (AvgIpc) is 2.79. The summed E-state index contributed by atoms with van der Waals surface area (Å²) in [5, 5.41) is 13.0. The van der Waals surface area contributed by atoms with Gasteiger partial charge in [0.1, 0.15) is 0 Å². The van der Waals surface area contributed by atoms with Crippen LogP contribution in [0.2, 0.25) is 0 Å². The van der Waals surface area contributed by atoms with Gasteiger partial charge < -0.3 is 0 Å². The van der Waals surface area contributed by atoms with Crippen molar-refractivity contribution in [2.24, 2.45) is 0 Å². The van der Waals surface area contributed by atoms with E-state index in [4.69, 9.17) is 0 Å². The van der Waals surface area contributed by atoms with E-state index in [1.165, 1.54) is 4.31 Å². The monoisotopic (exact) mass is 262 g/mol. The van der Waals surface area contributed by atoms with E-state index in [-0.39, 0.29) is 6.54 Å². The molecule has 0 spiro atoms. The van der Waals surface area contributed by atoms with Crippen LogP contribution < -0.4 is 4.72 Å². The van der Waals surface area contributed by atoms with Gasteiger partial charge in [0, 0.05) is 13.1 Å². The molecule has 17 heavy (non-hydrogen) atoms. The molecule has 1 rings (SSSR count). The third kappa shape index (κ3) is 4.36. The molecule has 0 bridgehead atoms. The number of hydrogen-bond donors (Lipinski definition) is 2. The zero-order chi connectivity index (χ0) is 12.7. The van der Waals surface area contributed by atoms with Crippen molar-refractivity contribution < 1.29 is 8.42 Å². The summed E-state index contributed by atoms with van der Waals surface area (Å²) in [6.45, 7) is 4.95. The van der Waals surface area contributed by atoms with Gasteiger partial charge in [0.15, 0.2) is 5.82 Å². The van der Waals surface area contributed by atoms with E-state index in [1.807, 2.05) is 13.8 Å². The highest BCUT2D eigenvalue weighted by Crippen LogP contribution is 2.02. The van der Waals surface area contributed by atoms with Crippen LogP contribution in [-0.2, 0) is 16.8 Å². The van der Waals surface area contributed by atoms with Crippen LogP contribution in [0.4, 0.5) is 0 Å². The van der Waals surface area contributed by atoms with Crippen LogP contribution in [-0.4, -0.2) is 46.4 Å². The van der Waals surface area contributed by atoms with E-state index in [2.05, 4.69) is 25.3 Å². The predicted octanol–water partition coefficient (Wildman–Crippen LogP) is -0.344. The van der Waals surface area contributed by atoms with Gasteiger partial charge >= 0.3 is 0 Å². The fourth-order valence-electron chi connectivity index (χ4n) is 1.36. The highest BCUT2D eigenvalue weighted by atomic mass is 32.2. The quantitative estimate of drug-likeness (QED) is 0.666. The Morgan fingerprint density at radius 3 is 2.41 bits per heavy atom. The second-order valence-corrected chi connectivity index (χ2v) is 5.31. The van der Waals surface area contributed by atoms with Gasteiger partial charge in [-0.3, -0.25) is 0 Å². The molecule has 0 aromatic carbocycles. The van der Waals surface area contributed by atoms with Crippen molar-refractivity contribution in [1.82, 2.24) is 29.7 Å². The minimum absolute atomic E-state index is 0.0444. The lowest BCUT2D eigenvalue weighted by atomic mass is 10.4. The third-order valence-electron chi connectivity index (χ3n) is 2.09. The number of aromatic nitrogens is 4. The maximum atomic E-state index is 11.9. The van der Waals surface area contributed by atoms with Crippen LogP contribution in [0.25, 0.3) is 0 Å². The number of hydrogen-bond acceptors (Lipinski definition) is 5. The highest BCUT2D eigenvalue weighted by Gasteiger charge is 2.20. The van der Waals surface area contributed by atoms with Crippen molar-refractivity contribution >= 4 is 10.2 Å². The van der Waals surface area contributed by atoms with E-state index < -0.39 is 10.2 Å². The summed E-state index contributed by atoms with van der Waals surface area (Å²) < 4.78 is 27.7. The molecule has 1 heterocycles. The van der Waals surface area contributed by atoms with Gasteiger partial charge in [0.2, 0.25) is 0 Å². The van der Waals surface area contributed by atoms with Crippen LogP contribution in [0, 0.1) is 0 Å². The largest absolute Gasteiger partial charge is 0.279 e. The maximum absolute atomic E-state index is 11.9. The summed E-state index contributed by atoms with van der Waals surface area (Å²) in [6.07, 6.45) is 1.56. The minimum Gasteiger partial charge on any atom is -0.195 e. The van der Waals surface area contributed by atoms with Crippen molar-refractivity contribution in [3.8, 4) is 0 Å². The number of aromatic amines is 1. The maximum Gasteiger partial charge on any atom is 0.279 e. The fourth-order valence-corrected chi connectivity index (χ4v) is 2.70. The van der Waals surface area contributed by atoms with Crippen LogP contribution in [0.15, 0.2) is 0 Å². The third-order valence-corrected chi connectivity index (χ3v) is 3.64. The summed E-state index contributed by atoms with van der Waals surface area (Å²) in [5.74, 6) is 0.321.